The van der Waals surface area contributed by atoms with Crippen molar-refractivity contribution in [1.82, 2.24) is 9.97 Å². The molecule has 0 bridgehead atoms. The molecule has 1 N–H and O–H groups in total. The molecule has 3 rings (SSSR count). The standard InChI is InChI=1S/C13H19N5O2/c1-8-11(18(19)20)12(16-13(14-2)15-8)17-6-9-4-3-5-10(9)7-17/h9-10H,3-7H2,1-2H3,(H,14,15,16). The van der Waals surface area contributed by atoms with Gasteiger partial charge in [-0.1, -0.05) is 6.42 Å². The molecule has 2 fully saturated rings. The Morgan fingerprint density at radius 3 is 2.50 bits per heavy atom. The second-order valence-corrected chi connectivity index (χ2v) is 5.67. The summed E-state index contributed by atoms with van der Waals surface area (Å²) < 4.78 is 0. The van der Waals surface area contributed by atoms with Gasteiger partial charge < -0.3 is 10.2 Å². The number of anilines is 2. The van der Waals surface area contributed by atoms with E-state index in [-0.39, 0.29) is 10.6 Å². The van der Waals surface area contributed by atoms with Gasteiger partial charge in [-0.3, -0.25) is 10.1 Å². The highest BCUT2D eigenvalue weighted by molar-refractivity contribution is 5.63. The van der Waals surface area contributed by atoms with E-state index in [9.17, 15) is 10.1 Å². The molecule has 7 nitrogen and oxygen atoms in total. The topological polar surface area (TPSA) is 84.2 Å². The average molecular weight is 277 g/mol. The third-order valence-electron chi connectivity index (χ3n) is 4.47. The summed E-state index contributed by atoms with van der Waals surface area (Å²) in [6.45, 7) is 3.43. The summed E-state index contributed by atoms with van der Waals surface area (Å²) in [5.74, 6) is 2.26. The van der Waals surface area contributed by atoms with Crippen molar-refractivity contribution >= 4 is 17.5 Å². The molecule has 2 unspecified atom stereocenters. The molecule has 0 spiro atoms. The number of hydrogen-bond donors (Lipinski definition) is 1. The second-order valence-electron chi connectivity index (χ2n) is 5.67. The molecule has 2 atom stereocenters. The zero-order chi connectivity index (χ0) is 14.3. The summed E-state index contributed by atoms with van der Waals surface area (Å²) in [5, 5.41) is 14.2. The van der Waals surface area contributed by atoms with Crippen LogP contribution in [0.15, 0.2) is 0 Å². The maximum Gasteiger partial charge on any atom is 0.332 e. The van der Waals surface area contributed by atoms with Gasteiger partial charge in [0.05, 0.1) is 4.92 Å². The molecule has 20 heavy (non-hydrogen) atoms. The molecule has 1 aromatic heterocycles. The Hall–Kier alpha value is -1.92. The van der Waals surface area contributed by atoms with Gasteiger partial charge >= 0.3 is 5.69 Å². The molecule has 1 aliphatic carbocycles. The highest BCUT2D eigenvalue weighted by Gasteiger charge is 2.39. The Balaban J connectivity index is 1.99. The lowest BCUT2D eigenvalue weighted by molar-refractivity contribution is -0.385. The van der Waals surface area contributed by atoms with Crippen LogP contribution in [0.2, 0.25) is 0 Å². The monoisotopic (exact) mass is 277 g/mol. The van der Waals surface area contributed by atoms with Crippen LogP contribution in [0.5, 0.6) is 0 Å². The largest absolute Gasteiger partial charge is 0.357 e. The minimum Gasteiger partial charge on any atom is -0.357 e. The van der Waals surface area contributed by atoms with Crippen molar-refractivity contribution in [2.75, 3.05) is 30.4 Å². The van der Waals surface area contributed by atoms with E-state index in [1.165, 1.54) is 19.3 Å². The molecule has 108 valence electrons. The Kier molecular flexibility index (Phi) is 3.19. The van der Waals surface area contributed by atoms with Crippen LogP contribution >= 0.6 is 0 Å². The van der Waals surface area contributed by atoms with Gasteiger partial charge in [-0.25, -0.2) is 4.98 Å². The fourth-order valence-corrected chi connectivity index (χ4v) is 3.51. The van der Waals surface area contributed by atoms with Gasteiger partial charge in [0.1, 0.15) is 5.69 Å². The van der Waals surface area contributed by atoms with E-state index in [2.05, 4.69) is 20.2 Å². The molecular weight excluding hydrogens is 258 g/mol. The molecule has 0 amide bonds. The first-order chi connectivity index (χ1) is 9.60. The number of nitro groups is 1. The smallest absolute Gasteiger partial charge is 0.332 e. The number of nitrogens with zero attached hydrogens (tertiary/aromatic N) is 4. The van der Waals surface area contributed by atoms with E-state index in [0.29, 0.717) is 29.3 Å². The van der Waals surface area contributed by atoms with E-state index < -0.39 is 0 Å². The van der Waals surface area contributed by atoms with E-state index in [1.807, 2.05) is 0 Å². The summed E-state index contributed by atoms with van der Waals surface area (Å²) in [4.78, 5) is 21.5. The summed E-state index contributed by atoms with van der Waals surface area (Å²) in [7, 11) is 1.73. The Morgan fingerprint density at radius 2 is 1.95 bits per heavy atom. The predicted octanol–water partition coefficient (Wildman–Crippen LogP) is 1.97. The molecule has 1 aromatic rings. The summed E-state index contributed by atoms with van der Waals surface area (Å²) in [6.07, 6.45) is 3.76. The number of rotatable bonds is 3. The molecular formula is C13H19N5O2. The van der Waals surface area contributed by atoms with Crippen molar-refractivity contribution in [3.05, 3.63) is 15.8 Å². The molecule has 0 aromatic carbocycles. The fraction of sp³-hybridized carbons (Fsp3) is 0.692. The molecule has 7 heteroatoms. The lowest BCUT2D eigenvalue weighted by Crippen LogP contribution is -2.24. The van der Waals surface area contributed by atoms with Crippen LogP contribution in [0.1, 0.15) is 25.0 Å². The zero-order valence-corrected chi connectivity index (χ0v) is 11.8. The van der Waals surface area contributed by atoms with E-state index in [4.69, 9.17) is 0 Å². The molecule has 0 radical (unpaired) electrons. The zero-order valence-electron chi connectivity index (χ0n) is 11.8. The molecule has 1 saturated carbocycles. The minimum atomic E-state index is -0.363. The number of hydrogen-bond acceptors (Lipinski definition) is 6. The normalized spacial score (nSPS) is 24.8. The van der Waals surface area contributed by atoms with Gasteiger partial charge in [0.2, 0.25) is 11.8 Å². The Labute approximate surface area is 117 Å². The van der Waals surface area contributed by atoms with Crippen LogP contribution in [-0.2, 0) is 0 Å². The Morgan fingerprint density at radius 1 is 1.30 bits per heavy atom. The quantitative estimate of drug-likeness (QED) is 0.671. The fourth-order valence-electron chi connectivity index (χ4n) is 3.51. The van der Waals surface area contributed by atoms with Crippen LogP contribution in [0, 0.1) is 28.9 Å². The highest BCUT2D eigenvalue weighted by Crippen LogP contribution is 2.41. The van der Waals surface area contributed by atoms with Crippen LogP contribution in [-0.4, -0.2) is 35.0 Å². The summed E-state index contributed by atoms with van der Waals surface area (Å²) in [6, 6.07) is 0. The van der Waals surface area contributed by atoms with Crippen molar-refractivity contribution < 1.29 is 4.92 Å². The molecule has 1 saturated heterocycles. The summed E-state index contributed by atoms with van der Waals surface area (Å²) >= 11 is 0. The van der Waals surface area contributed by atoms with Crippen molar-refractivity contribution in [3.63, 3.8) is 0 Å². The lowest BCUT2D eigenvalue weighted by Gasteiger charge is -2.19. The number of fused-ring (bicyclic) bond motifs is 1. The first-order valence-electron chi connectivity index (χ1n) is 7.06. The van der Waals surface area contributed by atoms with Crippen molar-refractivity contribution in [3.8, 4) is 0 Å². The van der Waals surface area contributed by atoms with Crippen molar-refractivity contribution in [2.45, 2.75) is 26.2 Å². The van der Waals surface area contributed by atoms with Crippen LogP contribution in [0.4, 0.5) is 17.5 Å². The number of aromatic nitrogens is 2. The Bertz CT molecular complexity index is 536. The number of aryl methyl sites for hydroxylation is 1. The van der Waals surface area contributed by atoms with Gasteiger partial charge in [-0.05, 0) is 31.6 Å². The van der Waals surface area contributed by atoms with Crippen molar-refractivity contribution in [1.29, 1.82) is 0 Å². The first-order valence-corrected chi connectivity index (χ1v) is 7.06. The second kappa shape index (κ2) is 4.88. The molecule has 2 aliphatic rings. The van der Waals surface area contributed by atoms with E-state index >= 15 is 0 Å². The summed E-state index contributed by atoms with van der Waals surface area (Å²) in [5.41, 5.74) is 0.463. The lowest BCUT2D eigenvalue weighted by atomic mass is 10.0. The maximum atomic E-state index is 11.3. The predicted molar refractivity (Wildman–Crippen MR) is 76.0 cm³/mol. The van der Waals surface area contributed by atoms with Crippen LogP contribution in [0.3, 0.4) is 0 Å². The first kappa shape index (κ1) is 13.1. The maximum absolute atomic E-state index is 11.3. The van der Waals surface area contributed by atoms with Crippen LogP contribution < -0.4 is 10.2 Å². The SMILES string of the molecule is CNc1nc(C)c([N+](=O)[O-])c(N2CC3CCCC3C2)n1. The molecule has 1 aliphatic heterocycles. The van der Waals surface area contributed by atoms with E-state index in [1.54, 1.807) is 14.0 Å². The minimum absolute atomic E-state index is 0.0453. The van der Waals surface area contributed by atoms with Gasteiger partial charge in [-0.15, -0.1) is 0 Å². The van der Waals surface area contributed by atoms with E-state index in [0.717, 1.165) is 13.1 Å². The van der Waals surface area contributed by atoms with Gasteiger partial charge in [0.25, 0.3) is 0 Å². The van der Waals surface area contributed by atoms with Crippen LogP contribution in [0.25, 0.3) is 0 Å². The van der Waals surface area contributed by atoms with Crippen molar-refractivity contribution in [2.24, 2.45) is 11.8 Å². The third-order valence-corrected chi connectivity index (χ3v) is 4.47. The van der Waals surface area contributed by atoms with Gasteiger partial charge in [0, 0.05) is 20.1 Å². The highest BCUT2D eigenvalue weighted by atomic mass is 16.6. The number of nitrogens with one attached hydrogen (secondary N) is 1. The van der Waals surface area contributed by atoms with Gasteiger partial charge in [0.15, 0.2) is 0 Å². The third kappa shape index (κ3) is 2.07. The van der Waals surface area contributed by atoms with Gasteiger partial charge in [-0.2, -0.15) is 4.98 Å². The average Bonchev–Trinajstić information content (AvgIpc) is 2.97. The molecule has 2 heterocycles.